The van der Waals surface area contributed by atoms with Crippen LogP contribution in [-0.2, 0) is 4.74 Å². The fourth-order valence-electron chi connectivity index (χ4n) is 1.08. The molecule has 2 nitrogen and oxygen atoms in total. The van der Waals surface area contributed by atoms with E-state index in [0.717, 1.165) is 19.6 Å². The predicted octanol–water partition coefficient (Wildman–Crippen LogP) is 1.97. The van der Waals surface area contributed by atoms with Crippen LogP contribution in [0.2, 0.25) is 0 Å². The molecule has 0 aliphatic heterocycles. The van der Waals surface area contributed by atoms with Crippen LogP contribution >= 0.6 is 0 Å². The number of hydrogen-bond acceptors (Lipinski definition) is 2. The molecule has 0 aromatic carbocycles. The first kappa shape index (κ1) is 11.7. The monoisotopic (exact) mass is 171 g/mol. The van der Waals surface area contributed by atoms with Gasteiger partial charge in [0.05, 0.1) is 6.61 Å². The fraction of sp³-hybridized carbons (Fsp3) is 0.800. The Bertz CT molecular complexity index is 128. The van der Waals surface area contributed by atoms with Gasteiger partial charge in [0, 0.05) is 13.2 Å². The Hall–Kier alpha value is -0.340. The second kappa shape index (κ2) is 7.32. The van der Waals surface area contributed by atoms with E-state index in [-0.39, 0.29) is 0 Å². The maximum Gasteiger partial charge on any atom is 0.0651 e. The van der Waals surface area contributed by atoms with Gasteiger partial charge in [-0.2, -0.15) is 0 Å². The maximum atomic E-state index is 5.09. The lowest BCUT2D eigenvalue weighted by Crippen LogP contribution is -2.32. The van der Waals surface area contributed by atoms with E-state index in [1.54, 1.807) is 7.11 Å². The first-order chi connectivity index (χ1) is 5.70. The van der Waals surface area contributed by atoms with Gasteiger partial charge in [-0.15, -0.1) is 0 Å². The van der Waals surface area contributed by atoms with Crippen molar-refractivity contribution < 1.29 is 4.74 Å². The summed E-state index contributed by atoms with van der Waals surface area (Å²) in [4.78, 5) is 0. The minimum atomic E-state index is 0.375. The molecule has 0 saturated heterocycles. The Kier molecular flexibility index (Phi) is 7.11. The van der Waals surface area contributed by atoms with Crippen LogP contribution in [0.3, 0.4) is 0 Å². The molecule has 2 heteroatoms. The SMILES string of the molecule is CCCNC(C=C(C)C)COC. The summed E-state index contributed by atoms with van der Waals surface area (Å²) in [5, 5.41) is 3.40. The van der Waals surface area contributed by atoms with E-state index < -0.39 is 0 Å². The third-order valence-corrected chi connectivity index (χ3v) is 1.54. The molecule has 0 saturated carbocycles. The third kappa shape index (κ3) is 6.38. The van der Waals surface area contributed by atoms with Gasteiger partial charge in [-0.3, -0.25) is 0 Å². The Morgan fingerprint density at radius 2 is 2.17 bits per heavy atom. The van der Waals surface area contributed by atoms with Gasteiger partial charge in [-0.25, -0.2) is 0 Å². The molecule has 12 heavy (non-hydrogen) atoms. The van der Waals surface area contributed by atoms with Gasteiger partial charge < -0.3 is 10.1 Å². The van der Waals surface area contributed by atoms with Crippen molar-refractivity contribution in [3.05, 3.63) is 11.6 Å². The summed E-state index contributed by atoms with van der Waals surface area (Å²) >= 11 is 0. The van der Waals surface area contributed by atoms with Crippen molar-refractivity contribution in [1.82, 2.24) is 5.32 Å². The van der Waals surface area contributed by atoms with E-state index in [9.17, 15) is 0 Å². The van der Waals surface area contributed by atoms with Crippen molar-refractivity contribution in [1.29, 1.82) is 0 Å². The van der Waals surface area contributed by atoms with Crippen molar-refractivity contribution in [2.45, 2.75) is 33.2 Å². The lowest BCUT2D eigenvalue weighted by molar-refractivity contribution is 0.180. The summed E-state index contributed by atoms with van der Waals surface area (Å²) < 4.78 is 5.09. The van der Waals surface area contributed by atoms with E-state index >= 15 is 0 Å². The zero-order valence-corrected chi connectivity index (χ0v) is 8.68. The average molecular weight is 171 g/mol. The first-order valence-corrected chi connectivity index (χ1v) is 4.58. The molecule has 0 fully saturated rings. The third-order valence-electron chi connectivity index (χ3n) is 1.54. The molecule has 1 N–H and O–H groups in total. The quantitative estimate of drug-likeness (QED) is 0.617. The fourth-order valence-corrected chi connectivity index (χ4v) is 1.08. The highest BCUT2D eigenvalue weighted by Crippen LogP contribution is 1.95. The normalized spacial score (nSPS) is 12.7. The number of ether oxygens (including phenoxy) is 1. The summed E-state index contributed by atoms with van der Waals surface area (Å²) in [7, 11) is 1.74. The van der Waals surface area contributed by atoms with Crippen LogP contribution in [0.4, 0.5) is 0 Å². The van der Waals surface area contributed by atoms with Gasteiger partial charge >= 0.3 is 0 Å². The average Bonchev–Trinajstić information content (AvgIpc) is 2.00. The van der Waals surface area contributed by atoms with Crippen LogP contribution < -0.4 is 5.32 Å². The van der Waals surface area contributed by atoms with Gasteiger partial charge in [0.15, 0.2) is 0 Å². The Morgan fingerprint density at radius 1 is 1.50 bits per heavy atom. The largest absolute Gasteiger partial charge is 0.383 e. The topological polar surface area (TPSA) is 21.3 Å². The highest BCUT2D eigenvalue weighted by Gasteiger charge is 2.01. The molecular weight excluding hydrogens is 150 g/mol. The molecule has 72 valence electrons. The Balaban J connectivity index is 3.78. The van der Waals surface area contributed by atoms with Crippen LogP contribution in [0.15, 0.2) is 11.6 Å². The van der Waals surface area contributed by atoms with Crippen molar-refractivity contribution >= 4 is 0 Å². The van der Waals surface area contributed by atoms with Gasteiger partial charge in [0.1, 0.15) is 0 Å². The van der Waals surface area contributed by atoms with E-state index in [1.165, 1.54) is 5.57 Å². The van der Waals surface area contributed by atoms with Gasteiger partial charge in [0.25, 0.3) is 0 Å². The van der Waals surface area contributed by atoms with Crippen LogP contribution in [0.25, 0.3) is 0 Å². The van der Waals surface area contributed by atoms with Gasteiger partial charge in [-0.05, 0) is 26.8 Å². The predicted molar refractivity (Wildman–Crippen MR) is 53.4 cm³/mol. The van der Waals surface area contributed by atoms with E-state index in [1.807, 2.05) is 0 Å². The van der Waals surface area contributed by atoms with Crippen molar-refractivity contribution in [3.63, 3.8) is 0 Å². The van der Waals surface area contributed by atoms with Crippen molar-refractivity contribution in [2.24, 2.45) is 0 Å². The number of nitrogens with one attached hydrogen (secondary N) is 1. The minimum absolute atomic E-state index is 0.375. The summed E-state index contributed by atoms with van der Waals surface area (Å²) in [5.41, 5.74) is 1.33. The zero-order chi connectivity index (χ0) is 9.40. The van der Waals surface area contributed by atoms with Gasteiger partial charge in [0.2, 0.25) is 0 Å². The Morgan fingerprint density at radius 3 is 2.58 bits per heavy atom. The van der Waals surface area contributed by atoms with Crippen molar-refractivity contribution in [3.8, 4) is 0 Å². The molecule has 0 heterocycles. The zero-order valence-electron chi connectivity index (χ0n) is 8.68. The summed E-state index contributed by atoms with van der Waals surface area (Å²) in [6.45, 7) is 8.19. The summed E-state index contributed by atoms with van der Waals surface area (Å²) in [6.07, 6.45) is 3.37. The molecule has 0 radical (unpaired) electrons. The molecule has 0 aliphatic rings. The molecule has 1 atom stereocenters. The summed E-state index contributed by atoms with van der Waals surface area (Å²) in [6, 6.07) is 0.375. The van der Waals surface area contributed by atoms with Crippen LogP contribution in [0.1, 0.15) is 27.2 Å². The van der Waals surface area contributed by atoms with Crippen LogP contribution in [0, 0.1) is 0 Å². The molecule has 0 spiro atoms. The molecule has 1 unspecified atom stereocenters. The van der Waals surface area contributed by atoms with Crippen LogP contribution in [0.5, 0.6) is 0 Å². The molecular formula is C10H21NO. The number of allylic oxidation sites excluding steroid dienone is 1. The molecule has 0 rings (SSSR count). The van der Waals surface area contributed by atoms with Gasteiger partial charge in [-0.1, -0.05) is 18.6 Å². The second-order valence-electron chi connectivity index (χ2n) is 3.26. The number of hydrogen-bond donors (Lipinski definition) is 1. The highest BCUT2D eigenvalue weighted by atomic mass is 16.5. The molecule has 0 aromatic heterocycles. The molecule has 0 aromatic rings. The lowest BCUT2D eigenvalue weighted by Gasteiger charge is -2.13. The number of rotatable bonds is 6. The summed E-state index contributed by atoms with van der Waals surface area (Å²) in [5.74, 6) is 0. The van der Waals surface area contributed by atoms with E-state index in [0.29, 0.717) is 6.04 Å². The maximum absolute atomic E-state index is 5.09. The molecule has 0 bridgehead atoms. The lowest BCUT2D eigenvalue weighted by atomic mass is 10.2. The van der Waals surface area contributed by atoms with Crippen LogP contribution in [-0.4, -0.2) is 26.3 Å². The minimum Gasteiger partial charge on any atom is -0.383 e. The molecule has 0 aliphatic carbocycles. The highest BCUT2D eigenvalue weighted by molar-refractivity contribution is 5.00. The van der Waals surface area contributed by atoms with Crippen molar-refractivity contribution in [2.75, 3.05) is 20.3 Å². The van der Waals surface area contributed by atoms with E-state index in [2.05, 4.69) is 32.2 Å². The second-order valence-corrected chi connectivity index (χ2v) is 3.26. The Labute approximate surface area is 76.0 Å². The standard InChI is InChI=1S/C10H21NO/c1-5-6-11-10(8-12-4)7-9(2)3/h7,10-11H,5-6,8H2,1-4H3. The molecule has 0 amide bonds. The first-order valence-electron chi connectivity index (χ1n) is 4.58. The smallest absolute Gasteiger partial charge is 0.0651 e. The van der Waals surface area contributed by atoms with E-state index in [4.69, 9.17) is 4.74 Å². The number of methoxy groups -OCH3 is 1.